The molecule has 2 aromatic carbocycles. The van der Waals surface area contributed by atoms with Crippen molar-refractivity contribution in [1.82, 2.24) is 9.55 Å². The van der Waals surface area contributed by atoms with Crippen molar-refractivity contribution in [2.45, 2.75) is 57.6 Å². The molecule has 1 saturated heterocycles. The second-order valence-electron chi connectivity index (χ2n) is 10.3. The normalized spacial score (nSPS) is 24.6. The van der Waals surface area contributed by atoms with E-state index in [1.807, 2.05) is 37.3 Å². The van der Waals surface area contributed by atoms with E-state index in [1.54, 1.807) is 19.1 Å². The average molecular weight is 607 g/mol. The number of carbonyl (C=O) groups excluding carboxylic acids is 1. The fourth-order valence-corrected chi connectivity index (χ4v) is 6.73. The maximum absolute atomic E-state index is 14.2. The number of aliphatic hydroxyl groups is 2. The number of nitrogens with zero attached hydrogens (tertiary/aromatic N) is 1. The van der Waals surface area contributed by atoms with Crippen LogP contribution in [0.5, 0.6) is 5.75 Å². The number of ether oxygens (including phenoxy) is 2. The number of unbranched alkanes of at least 4 members (excludes halogenated alkanes) is 1. The van der Waals surface area contributed by atoms with Crippen molar-refractivity contribution in [2.24, 2.45) is 5.92 Å². The van der Waals surface area contributed by atoms with Crippen molar-refractivity contribution >= 4 is 36.6 Å². The average Bonchev–Trinajstić information content (AvgIpc) is 3.15. The lowest BCUT2D eigenvalue weighted by atomic mass is 9.96. The van der Waals surface area contributed by atoms with E-state index in [0.29, 0.717) is 17.6 Å². The van der Waals surface area contributed by atoms with Crippen LogP contribution in [0, 0.1) is 10.7 Å². The summed E-state index contributed by atoms with van der Waals surface area (Å²) in [7, 11) is -4.07. The molecule has 1 aromatic heterocycles. The zero-order valence-electron chi connectivity index (χ0n) is 23.1. The fraction of sp³-hybridized carbons (Fsp3) is 0.464. The second-order valence-corrected chi connectivity index (χ2v) is 12.7. The SMILES string of the molecule is CCCCOC(=O)[C@H](C)CP(=O)(OC[C@H]1O[C@@H](n2ccc(=O)[nH]c2=S)C(C)(O)[C@H]1O)Oc1cccc2ccccc12. The molecule has 1 aliphatic rings. The molecule has 0 amide bonds. The van der Waals surface area contributed by atoms with Gasteiger partial charge in [0.1, 0.15) is 23.6 Å². The number of nitrogens with one attached hydrogen (secondary N) is 1. The number of hydrogen-bond donors (Lipinski definition) is 3. The van der Waals surface area contributed by atoms with Crippen LogP contribution in [-0.4, -0.2) is 62.9 Å². The molecule has 1 aliphatic heterocycles. The van der Waals surface area contributed by atoms with Gasteiger partial charge in [-0.2, -0.15) is 0 Å². The van der Waals surface area contributed by atoms with Crippen LogP contribution in [0.2, 0.25) is 0 Å². The minimum atomic E-state index is -4.07. The predicted molar refractivity (Wildman–Crippen MR) is 154 cm³/mol. The van der Waals surface area contributed by atoms with Crippen molar-refractivity contribution in [3.05, 3.63) is 69.9 Å². The maximum atomic E-state index is 14.2. The van der Waals surface area contributed by atoms with E-state index in [0.717, 1.165) is 11.8 Å². The van der Waals surface area contributed by atoms with Gasteiger partial charge in [0.25, 0.3) is 5.56 Å². The van der Waals surface area contributed by atoms with Crippen molar-refractivity contribution in [3.63, 3.8) is 0 Å². The summed E-state index contributed by atoms with van der Waals surface area (Å²) in [5.74, 6) is -1.05. The van der Waals surface area contributed by atoms with E-state index in [9.17, 15) is 24.4 Å². The number of benzene rings is 2. The molecule has 0 aliphatic carbocycles. The van der Waals surface area contributed by atoms with Gasteiger partial charge in [-0.3, -0.25) is 23.7 Å². The fourth-order valence-electron chi connectivity index (χ4n) is 4.59. The van der Waals surface area contributed by atoms with E-state index in [4.69, 9.17) is 30.7 Å². The zero-order valence-corrected chi connectivity index (χ0v) is 24.8. The second kappa shape index (κ2) is 13.0. The van der Waals surface area contributed by atoms with E-state index in [1.165, 1.54) is 23.8 Å². The summed E-state index contributed by atoms with van der Waals surface area (Å²) >= 11 is 5.20. The molecule has 6 atom stereocenters. The lowest BCUT2D eigenvalue weighted by Gasteiger charge is -2.28. The Labute approximate surface area is 242 Å². The lowest BCUT2D eigenvalue weighted by molar-refractivity contribution is -0.147. The third kappa shape index (κ3) is 7.14. The number of esters is 1. The van der Waals surface area contributed by atoms with Gasteiger partial charge < -0.3 is 24.2 Å². The van der Waals surface area contributed by atoms with Gasteiger partial charge in [-0.15, -0.1) is 0 Å². The van der Waals surface area contributed by atoms with Crippen LogP contribution in [0.1, 0.15) is 39.8 Å². The summed E-state index contributed by atoms with van der Waals surface area (Å²) in [6.45, 7) is 4.72. The summed E-state index contributed by atoms with van der Waals surface area (Å²) in [6.07, 6.45) is -1.21. The van der Waals surface area contributed by atoms with Crippen LogP contribution in [0.3, 0.4) is 0 Å². The lowest BCUT2D eigenvalue weighted by Crippen LogP contribution is -2.44. The molecule has 4 rings (SSSR count). The van der Waals surface area contributed by atoms with Gasteiger partial charge in [0.15, 0.2) is 11.0 Å². The zero-order chi connectivity index (χ0) is 29.8. The molecular formula is C28H35N2O9PS. The van der Waals surface area contributed by atoms with Crippen LogP contribution in [0.25, 0.3) is 10.8 Å². The summed E-state index contributed by atoms with van der Waals surface area (Å²) in [5, 5.41) is 23.6. The molecule has 0 saturated carbocycles. The Balaban J connectivity index is 1.57. The van der Waals surface area contributed by atoms with Gasteiger partial charge in [0.2, 0.25) is 0 Å². The van der Waals surface area contributed by atoms with Crippen molar-refractivity contribution in [2.75, 3.05) is 19.4 Å². The molecular weight excluding hydrogens is 571 g/mol. The highest BCUT2D eigenvalue weighted by Gasteiger charge is 2.53. The Morgan fingerprint density at radius 1 is 1.24 bits per heavy atom. The third-order valence-electron chi connectivity index (χ3n) is 6.92. The van der Waals surface area contributed by atoms with Crippen molar-refractivity contribution in [3.8, 4) is 5.75 Å². The van der Waals surface area contributed by atoms with Crippen molar-refractivity contribution in [1.29, 1.82) is 0 Å². The number of aliphatic hydroxyl groups excluding tert-OH is 1. The van der Waals surface area contributed by atoms with Crippen LogP contribution in [-0.2, 0) is 23.4 Å². The van der Waals surface area contributed by atoms with E-state index >= 15 is 0 Å². The molecule has 1 fully saturated rings. The molecule has 2 heterocycles. The number of rotatable bonds is 12. The summed E-state index contributed by atoms with van der Waals surface area (Å²) in [5.41, 5.74) is -2.28. The maximum Gasteiger partial charge on any atom is 0.380 e. The molecule has 3 N–H and O–H groups in total. The first-order valence-corrected chi connectivity index (χ1v) is 15.5. The number of fused-ring (bicyclic) bond motifs is 1. The van der Waals surface area contributed by atoms with Crippen LogP contribution in [0.15, 0.2) is 59.5 Å². The highest BCUT2D eigenvalue weighted by molar-refractivity contribution is 7.71. The Hall–Kier alpha value is -2.86. The van der Waals surface area contributed by atoms with Crippen LogP contribution in [0.4, 0.5) is 0 Å². The minimum Gasteiger partial charge on any atom is -0.465 e. The minimum absolute atomic E-state index is 0.0167. The Bertz CT molecular complexity index is 1530. The Morgan fingerprint density at radius 2 is 1.98 bits per heavy atom. The number of carbonyl (C=O) groups is 1. The van der Waals surface area contributed by atoms with Gasteiger partial charge in [-0.05, 0) is 37.0 Å². The summed E-state index contributed by atoms with van der Waals surface area (Å²) < 4.78 is 38.6. The highest BCUT2D eigenvalue weighted by atomic mass is 32.1. The van der Waals surface area contributed by atoms with Gasteiger partial charge in [0.05, 0.1) is 25.3 Å². The molecule has 41 heavy (non-hydrogen) atoms. The van der Waals surface area contributed by atoms with Gasteiger partial charge in [0, 0.05) is 17.6 Å². The summed E-state index contributed by atoms with van der Waals surface area (Å²) in [4.78, 5) is 26.7. The molecule has 0 bridgehead atoms. The largest absolute Gasteiger partial charge is 0.465 e. The van der Waals surface area contributed by atoms with Gasteiger partial charge >= 0.3 is 13.6 Å². The van der Waals surface area contributed by atoms with Gasteiger partial charge in [-0.1, -0.05) is 56.7 Å². The monoisotopic (exact) mass is 606 g/mol. The molecule has 13 heteroatoms. The molecule has 3 aromatic rings. The first-order valence-electron chi connectivity index (χ1n) is 13.4. The third-order valence-corrected chi connectivity index (χ3v) is 9.25. The number of hydrogen-bond acceptors (Lipinski definition) is 10. The molecule has 222 valence electrons. The molecule has 11 nitrogen and oxygen atoms in total. The van der Waals surface area contributed by atoms with Crippen molar-refractivity contribution < 1.29 is 38.1 Å². The molecule has 0 radical (unpaired) electrons. The molecule has 2 unspecified atom stereocenters. The van der Waals surface area contributed by atoms with E-state index < -0.39 is 55.7 Å². The van der Waals surface area contributed by atoms with Crippen LogP contribution >= 0.6 is 19.8 Å². The predicted octanol–water partition coefficient (Wildman–Crippen LogP) is 4.34. The van der Waals surface area contributed by atoms with E-state index in [2.05, 4.69) is 4.98 Å². The Morgan fingerprint density at radius 3 is 2.71 bits per heavy atom. The van der Waals surface area contributed by atoms with Gasteiger partial charge in [-0.25, -0.2) is 4.57 Å². The van der Waals surface area contributed by atoms with E-state index in [-0.39, 0.29) is 17.5 Å². The molecule has 0 spiro atoms. The highest BCUT2D eigenvalue weighted by Crippen LogP contribution is 2.52. The number of H-pyrrole nitrogens is 1. The summed E-state index contributed by atoms with van der Waals surface area (Å²) in [6, 6.07) is 13.9. The smallest absolute Gasteiger partial charge is 0.380 e. The number of aromatic nitrogens is 2. The first-order chi connectivity index (χ1) is 19.4. The van der Waals surface area contributed by atoms with Crippen LogP contribution < -0.4 is 10.1 Å². The first kappa shape index (κ1) is 31.1. The quantitative estimate of drug-likeness (QED) is 0.118. The Kier molecular flexibility index (Phi) is 9.84. The topological polar surface area (TPSA) is 149 Å². The standard InChI is InChI=1S/C28H35N2O9PS/c1-4-5-15-36-25(33)18(2)17-40(35,39-21-12-8-10-19-9-6-7-11-20(19)21)37-16-22-24(32)28(3,34)26(38-22)30-14-13-23(31)29-27(30)41/h6-14,18,22,24,26,32,34H,4-5,15-17H2,1-3H3,(H,29,31,41)/t18-,22-,24+,26-,28?,40?/m1/s1. The number of aromatic amines is 1.